The molecule has 5 heteroatoms. The smallest absolute Gasteiger partial charge is 0.255 e. The van der Waals surface area contributed by atoms with Gasteiger partial charge in [-0.2, -0.15) is 0 Å². The van der Waals surface area contributed by atoms with E-state index in [2.05, 4.69) is 29.8 Å². The molecule has 0 fully saturated rings. The number of amides is 2. The van der Waals surface area contributed by atoms with Crippen molar-refractivity contribution >= 4 is 23.2 Å². The molecule has 0 unspecified atom stereocenters. The van der Waals surface area contributed by atoms with Gasteiger partial charge in [0.05, 0.1) is 0 Å². The summed E-state index contributed by atoms with van der Waals surface area (Å²) in [6.07, 6.45) is 0. The molecule has 2 aromatic rings. The Morgan fingerprint density at radius 2 is 1.16 bits per heavy atom. The van der Waals surface area contributed by atoms with E-state index in [9.17, 15) is 9.59 Å². The number of carbonyl (C=O) groups excluding carboxylic acids is 2. The monoisotopic (exact) mass is 339 g/mol. The fourth-order valence-electron chi connectivity index (χ4n) is 2.30. The lowest BCUT2D eigenvalue weighted by molar-refractivity contribution is 0.0942. The van der Waals surface area contributed by atoms with E-state index in [0.717, 1.165) is 5.69 Å². The zero-order valence-corrected chi connectivity index (χ0v) is 15.1. The average molecular weight is 339 g/mol. The third-order valence-electron chi connectivity index (χ3n) is 3.43. The Bertz CT molecular complexity index is 720. The van der Waals surface area contributed by atoms with Gasteiger partial charge in [0.1, 0.15) is 0 Å². The highest BCUT2D eigenvalue weighted by molar-refractivity contribution is 6.04. The van der Waals surface area contributed by atoms with Crippen LogP contribution in [0.5, 0.6) is 0 Å². The van der Waals surface area contributed by atoms with Gasteiger partial charge in [-0.1, -0.05) is 0 Å². The molecule has 0 radical (unpaired) electrons. The zero-order valence-electron chi connectivity index (χ0n) is 15.1. The predicted octanol–water partition coefficient (Wildman–Crippen LogP) is 3.90. The van der Waals surface area contributed by atoms with E-state index in [1.807, 2.05) is 26.0 Å². The van der Waals surface area contributed by atoms with Crippen molar-refractivity contribution in [2.24, 2.45) is 0 Å². The molecule has 0 aliphatic heterocycles. The lowest BCUT2D eigenvalue weighted by Gasteiger charge is -2.11. The lowest BCUT2D eigenvalue weighted by Crippen LogP contribution is -2.30. The van der Waals surface area contributed by atoms with Crippen LogP contribution in [0, 0.1) is 0 Å². The minimum Gasteiger partial charge on any atom is -0.383 e. The molecule has 3 N–H and O–H groups in total. The van der Waals surface area contributed by atoms with Crippen LogP contribution >= 0.6 is 0 Å². The molecule has 0 aliphatic carbocycles. The van der Waals surface area contributed by atoms with Gasteiger partial charge in [0, 0.05) is 34.6 Å². The maximum Gasteiger partial charge on any atom is 0.255 e. The molecule has 0 spiro atoms. The quantitative estimate of drug-likeness (QED) is 0.747. The third-order valence-corrected chi connectivity index (χ3v) is 3.43. The van der Waals surface area contributed by atoms with Crippen LogP contribution < -0.4 is 16.0 Å². The van der Waals surface area contributed by atoms with Crippen LogP contribution in [0.25, 0.3) is 0 Å². The molecule has 5 nitrogen and oxygen atoms in total. The Labute approximate surface area is 148 Å². The van der Waals surface area contributed by atoms with Gasteiger partial charge >= 0.3 is 0 Å². The fraction of sp³-hybridized carbons (Fsp3) is 0.300. The first-order valence-electron chi connectivity index (χ1n) is 8.44. The standard InChI is InChI=1S/C20H25N3O2/c1-13(2)21-17-9-5-16(6-10-17)20(25)23-18-11-7-15(8-12-18)19(24)22-14(3)4/h5-14,21H,1-4H3,(H,22,24)(H,23,25). The van der Waals surface area contributed by atoms with Crippen molar-refractivity contribution < 1.29 is 9.59 Å². The third kappa shape index (κ3) is 5.64. The second-order valence-electron chi connectivity index (χ2n) is 6.54. The van der Waals surface area contributed by atoms with Crippen molar-refractivity contribution in [1.29, 1.82) is 0 Å². The molecule has 25 heavy (non-hydrogen) atoms. The summed E-state index contributed by atoms with van der Waals surface area (Å²) >= 11 is 0. The number of nitrogens with one attached hydrogen (secondary N) is 3. The number of hydrogen-bond donors (Lipinski definition) is 3. The molecule has 2 aromatic carbocycles. The van der Waals surface area contributed by atoms with Gasteiger partial charge in [-0.25, -0.2) is 0 Å². The van der Waals surface area contributed by atoms with Crippen LogP contribution in [0.3, 0.4) is 0 Å². The zero-order chi connectivity index (χ0) is 18.4. The van der Waals surface area contributed by atoms with Gasteiger partial charge in [0.25, 0.3) is 11.8 Å². The van der Waals surface area contributed by atoms with E-state index in [1.165, 1.54) is 0 Å². The lowest BCUT2D eigenvalue weighted by atomic mass is 10.1. The van der Waals surface area contributed by atoms with Crippen molar-refractivity contribution in [1.82, 2.24) is 5.32 Å². The van der Waals surface area contributed by atoms with E-state index in [-0.39, 0.29) is 17.9 Å². The predicted molar refractivity (Wildman–Crippen MR) is 102 cm³/mol. The largest absolute Gasteiger partial charge is 0.383 e. The van der Waals surface area contributed by atoms with E-state index in [0.29, 0.717) is 22.9 Å². The average Bonchev–Trinajstić information content (AvgIpc) is 2.55. The summed E-state index contributed by atoms with van der Waals surface area (Å²) in [5.74, 6) is -0.309. The Balaban J connectivity index is 1.99. The van der Waals surface area contributed by atoms with E-state index in [4.69, 9.17) is 0 Å². The normalized spacial score (nSPS) is 10.6. The van der Waals surface area contributed by atoms with Gasteiger partial charge in [-0.15, -0.1) is 0 Å². The number of carbonyl (C=O) groups is 2. The number of rotatable bonds is 6. The molecule has 0 saturated heterocycles. The van der Waals surface area contributed by atoms with Crippen LogP contribution in [0.15, 0.2) is 48.5 Å². The van der Waals surface area contributed by atoms with E-state index < -0.39 is 0 Å². The molecule has 2 rings (SSSR count). The highest BCUT2D eigenvalue weighted by Gasteiger charge is 2.09. The summed E-state index contributed by atoms with van der Waals surface area (Å²) in [7, 11) is 0. The molecule has 0 aliphatic rings. The van der Waals surface area contributed by atoms with Crippen molar-refractivity contribution in [2.75, 3.05) is 10.6 Å². The Hall–Kier alpha value is -2.82. The maximum absolute atomic E-state index is 12.3. The Kier molecular flexibility index (Phi) is 6.17. The highest BCUT2D eigenvalue weighted by Crippen LogP contribution is 2.14. The topological polar surface area (TPSA) is 70.2 Å². The molecule has 0 bridgehead atoms. The summed E-state index contributed by atoms with van der Waals surface area (Å²) in [4.78, 5) is 24.2. The molecule has 0 aromatic heterocycles. The number of hydrogen-bond acceptors (Lipinski definition) is 3. The first-order chi connectivity index (χ1) is 11.8. The van der Waals surface area contributed by atoms with Crippen LogP contribution in [0.2, 0.25) is 0 Å². The second kappa shape index (κ2) is 8.33. The van der Waals surface area contributed by atoms with Crippen LogP contribution in [0.1, 0.15) is 48.4 Å². The van der Waals surface area contributed by atoms with Crippen molar-refractivity contribution in [2.45, 2.75) is 39.8 Å². The van der Waals surface area contributed by atoms with E-state index in [1.54, 1.807) is 36.4 Å². The highest BCUT2D eigenvalue weighted by atomic mass is 16.2. The van der Waals surface area contributed by atoms with Gasteiger partial charge in [-0.05, 0) is 76.2 Å². The van der Waals surface area contributed by atoms with E-state index >= 15 is 0 Å². The fourth-order valence-corrected chi connectivity index (χ4v) is 2.30. The molecule has 0 atom stereocenters. The Morgan fingerprint density at radius 1 is 0.680 bits per heavy atom. The van der Waals surface area contributed by atoms with Crippen molar-refractivity contribution in [3.05, 3.63) is 59.7 Å². The van der Waals surface area contributed by atoms with Gasteiger partial charge < -0.3 is 16.0 Å². The summed E-state index contributed by atoms with van der Waals surface area (Å²) in [6.45, 7) is 7.94. The van der Waals surface area contributed by atoms with Crippen LogP contribution in [0.4, 0.5) is 11.4 Å². The molecule has 0 heterocycles. The Morgan fingerprint density at radius 3 is 1.64 bits per heavy atom. The molecular weight excluding hydrogens is 314 g/mol. The summed E-state index contributed by atoms with van der Waals surface area (Å²) in [6, 6.07) is 14.6. The van der Waals surface area contributed by atoms with Gasteiger partial charge in [-0.3, -0.25) is 9.59 Å². The van der Waals surface area contributed by atoms with Gasteiger partial charge in [0.2, 0.25) is 0 Å². The second-order valence-corrected chi connectivity index (χ2v) is 6.54. The first-order valence-corrected chi connectivity index (χ1v) is 8.44. The molecule has 2 amide bonds. The SMILES string of the molecule is CC(C)NC(=O)c1ccc(NC(=O)c2ccc(NC(C)C)cc2)cc1. The number of anilines is 2. The van der Waals surface area contributed by atoms with Crippen LogP contribution in [-0.2, 0) is 0 Å². The molecule has 132 valence electrons. The molecular formula is C20H25N3O2. The minimum atomic E-state index is -0.185. The van der Waals surface area contributed by atoms with Crippen molar-refractivity contribution in [3.8, 4) is 0 Å². The maximum atomic E-state index is 12.3. The summed E-state index contributed by atoms with van der Waals surface area (Å²) in [5.41, 5.74) is 2.77. The first kappa shape index (κ1) is 18.5. The summed E-state index contributed by atoms with van der Waals surface area (Å²) < 4.78 is 0. The molecule has 0 saturated carbocycles. The van der Waals surface area contributed by atoms with Crippen LogP contribution in [-0.4, -0.2) is 23.9 Å². The van der Waals surface area contributed by atoms with Crippen molar-refractivity contribution in [3.63, 3.8) is 0 Å². The minimum absolute atomic E-state index is 0.0834. The number of benzene rings is 2. The summed E-state index contributed by atoms with van der Waals surface area (Å²) in [5, 5.41) is 8.95. The van der Waals surface area contributed by atoms with Gasteiger partial charge in [0.15, 0.2) is 0 Å².